The van der Waals surface area contributed by atoms with E-state index in [9.17, 15) is 0 Å². The van der Waals surface area contributed by atoms with Crippen molar-refractivity contribution in [1.29, 1.82) is 0 Å². The van der Waals surface area contributed by atoms with Crippen molar-refractivity contribution >= 4 is 27.4 Å². The van der Waals surface area contributed by atoms with Crippen molar-refractivity contribution in [2.24, 2.45) is 0 Å². The average molecular weight is 338 g/mol. The number of nitrogens with zero attached hydrogens (tertiary/aromatic N) is 5. The van der Waals surface area contributed by atoms with Crippen molar-refractivity contribution in [1.82, 2.24) is 19.3 Å². The summed E-state index contributed by atoms with van der Waals surface area (Å²) in [6.07, 6.45) is 5.71. The monoisotopic (exact) mass is 337 g/mol. The first-order valence-corrected chi connectivity index (χ1v) is 7.74. The lowest BCUT2D eigenvalue weighted by Crippen LogP contribution is -2.53. The summed E-state index contributed by atoms with van der Waals surface area (Å²) >= 11 is 3.48. The van der Waals surface area contributed by atoms with E-state index in [4.69, 9.17) is 0 Å². The number of rotatable bonds is 1. The van der Waals surface area contributed by atoms with Gasteiger partial charge >= 0.3 is 0 Å². The molecule has 3 heterocycles. The van der Waals surface area contributed by atoms with E-state index in [1.807, 2.05) is 23.0 Å². The largest absolute Gasteiger partial charge is 0.351 e. The van der Waals surface area contributed by atoms with Crippen LogP contribution >= 0.6 is 15.9 Å². The number of halogens is 1. The molecule has 1 fully saturated rings. The summed E-state index contributed by atoms with van der Waals surface area (Å²) in [5.74, 6) is 0.970. The zero-order valence-corrected chi connectivity index (χ0v) is 13.8. The van der Waals surface area contributed by atoms with Crippen LogP contribution in [0.15, 0.2) is 23.2 Å². The summed E-state index contributed by atoms with van der Waals surface area (Å²) in [7, 11) is 0. The summed E-state index contributed by atoms with van der Waals surface area (Å²) in [5, 5.41) is 0. The Balaban J connectivity index is 1.85. The van der Waals surface area contributed by atoms with E-state index in [2.05, 4.69) is 56.5 Å². The number of hydrogen-bond acceptors (Lipinski definition) is 4. The molecule has 0 spiro atoms. The lowest BCUT2D eigenvalue weighted by molar-refractivity contribution is 0.128. The average Bonchev–Trinajstić information content (AvgIpc) is 2.85. The Morgan fingerprint density at radius 3 is 2.50 bits per heavy atom. The number of imidazole rings is 1. The van der Waals surface area contributed by atoms with Crippen LogP contribution in [0.5, 0.6) is 0 Å². The van der Waals surface area contributed by atoms with Crippen LogP contribution in [0.2, 0.25) is 0 Å². The van der Waals surface area contributed by atoms with Crippen LogP contribution in [0.3, 0.4) is 0 Å². The minimum atomic E-state index is 0.236. The Bertz CT molecular complexity index is 608. The molecule has 0 saturated carbocycles. The normalized spacial score (nSPS) is 17.9. The van der Waals surface area contributed by atoms with Crippen molar-refractivity contribution in [2.45, 2.75) is 26.3 Å². The molecule has 1 saturated heterocycles. The molecule has 0 aromatic carbocycles. The van der Waals surface area contributed by atoms with Crippen molar-refractivity contribution in [2.75, 3.05) is 31.1 Å². The van der Waals surface area contributed by atoms with Crippen LogP contribution in [-0.4, -0.2) is 51.0 Å². The Kier molecular flexibility index (Phi) is 3.46. The van der Waals surface area contributed by atoms with Gasteiger partial charge in [-0.25, -0.2) is 9.97 Å². The lowest BCUT2D eigenvalue weighted by atomic mass is 10.1. The number of hydrogen-bond donors (Lipinski definition) is 0. The maximum atomic E-state index is 4.63. The molecule has 108 valence electrons. The smallest absolute Gasteiger partial charge is 0.180 e. The molecule has 0 N–H and O–H groups in total. The maximum Gasteiger partial charge on any atom is 0.180 e. The summed E-state index contributed by atoms with van der Waals surface area (Å²) in [4.78, 5) is 13.9. The number of aromatic nitrogens is 3. The highest BCUT2D eigenvalue weighted by Gasteiger charge is 2.27. The second-order valence-electron chi connectivity index (χ2n) is 6.19. The predicted octanol–water partition coefficient (Wildman–Crippen LogP) is 2.41. The summed E-state index contributed by atoms with van der Waals surface area (Å²) in [6, 6.07) is 0. The van der Waals surface area contributed by atoms with E-state index in [0.717, 1.165) is 42.2 Å². The number of fused-ring (bicyclic) bond motifs is 1. The molecule has 0 unspecified atom stereocenters. The van der Waals surface area contributed by atoms with Gasteiger partial charge in [-0.15, -0.1) is 0 Å². The summed E-state index contributed by atoms with van der Waals surface area (Å²) in [5.41, 5.74) is 1.16. The lowest BCUT2D eigenvalue weighted by Gasteiger charge is -2.42. The molecule has 0 bridgehead atoms. The van der Waals surface area contributed by atoms with E-state index >= 15 is 0 Å². The molecule has 0 aliphatic carbocycles. The molecule has 6 heteroatoms. The Morgan fingerprint density at radius 1 is 1.15 bits per heavy atom. The summed E-state index contributed by atoms with van der Waals surface area (Å²) in [6.45, 7) is 10.9. The van der Waals surface area contributed by atoms with Crippen molar-refractivity contribution in [3.63, 3.8) is 0 Å². The standard InChI is InChI=1S/C14H20BrN5/c1-14(2,3)20-8-6-18(7-9-20)13-12-16-4-5-19(12)10-11(15)17-13/h4-5,10H,6-9H2,1-3H3. The Labute approximate surface area is 127 Å². The fourth-order valence-corrected chi connectivity index (χ4v) is 3.07. The third-order valence-corrected chi connectivity index (χ3v) is 4.24. The van der Waals surface area contributed by atoms with E-state index in [0.29, 0.717) is 0 Å². The predicted molar refractivity (Wildman–Crippen MR) is 84.2 cm³/mol. The topological polar surface area (TPSA) is 36.7 Å². The van der Waals surface area contributed by atoms with Gasteiger partial charge in [-0.1, -0.05) is 0 Å². The van der Waals surface area contributed by atoms with Gasteiger partial charge in [-0.2, -0.15) is 0 Å². The van der Waals surface area contributed by atoms with E-state index in [1.165, 1.54) is 0 Å². The van der Waals surface area contributed by atoms with Crippen LogP contribution < -0.4 is 4.90 Å². The van der Waals surface area contributed by atoms with Gasteiger partial charge in [0.15, 0.2) is 11.5 Å². The van der Waals surface area contributed by atoms with Gasteiger partial charge < -0.3 is 9.30 Å². The third kappa shape index (κ3) is 2.54. The fourth-order valence-electron chi connectivity index (χ4n) is 2.69. The zero-order valence-electron chi connectivity index (χ0n) is 12.2. The SMILES string of the molecule is CC(C)(C)N1CCN(c2nc(Br)cn3ccnc23)CC1. The summed E-state index contributed by atoms with van der Waals surface area (Å²) < 4.78 is 2.86. The van der Waals surface area contributed by atoms with Gasteiger partial charge in [-0.05, 0) is 36.7 Å². The molecule has 0 atom stereocenters. The van der Waals surface area contributed by atoms with Crippen molar-refractivity contribution in [3.05, 3.63) is 23.2 Å². The first-order valence-electron chi connectivity index (χ1n) is 6.94. The first kappa shape index (κ1) is 13.8. The second-order valence-corrected chi connectivity index (χ2v) is 7.00. The fraction of sp³-hybridized carbons (Fsp3) is 0.571. The second kappa shape index (κ2) is 5.00. The van der Waals surface area contributed by atoms with Gasteiger partial charge in [0.25, 0.3) is 0 Å². The Morgan fingerprint density at radius 2 is 1.85 bits per heavy atom. The van der Waals surface area contributed by atoms with Gasteiger partial charge in [0, 0.05) is 50.3 Å². The molecular formula is C14H20BrN5. The first-order chi connectivity index (χ1) is 9.45. The van der Waals surface area contributed by atoms with Crippen molar-refractivity contribution < 1.29 is 0 Å². The molecule has 3 rings (SSSR count). The highest BCUT2D eigenvalue weighted by atomic mass is 79.9. The molecule has 0 amide bonds. The third-order valence-electron chi connectivity index (χ3n) is 3.85. The van der Waals surface area contributed by atoms with E-state index < -0.39 is 0 Å². The zero-order chi connectivity index (χ0) is 14.3. The molecule has 0 radical (unpaired) electrons. The van der Waals surface area contributed by atoms with Gasteiger partial charge in [-0.3, -0.25) is 4.90 Å². The van der Waals surface area contributed by atoms with Crippen LogP contribution in [0.25, 0.3) is 5.65 Å². The quantitative estimate of drug-likeness (QED) is 0.800. The molecule has 2 aromatic rings. The highest BCUT2D eigenvalue weighted by Crippen LogP contribution is 2.24. The van der Waals surface area contributed by atoms with Gasteiger partial charge in [0.1, 0.15) is 4.60 Å². The van der Waals surface area contributed by atoms with Gasteiger partial charge in [0.05, 0.1) is 0 Å². The van der Waals surface area contributed by atoms with Crippen molar-refractivity contribution in [3.8, 4) is 0 Å². The van der Waals surface area contributed by atoms with Crippen LogP contribution in [0.4, 0.5) is 5.82 Å². The molecule has 1 aliphatic rings. The van der Waals surface area contributed by atoms with Crippen LogP contribution in [0.1, 0.15) is 20.8 Å². The molecule has 2 aromatic heterocycles. The van der Waals surface area contributed by atoms with Crippen LogP contribution in [-0.2, 0) is 0 Å². The Hall–Kier alpha value is -1.14. The number of piperazine rings is 1. The number of anilines is 1. The molecule has 1 aliphatic heterocycles. The highest BCUT2D eigenvalue weighted by molar-refractivity contribution is 9.10. The minimum Gasteiger partial charge on any atom is -0.351 e. The van der Waals surface area contributed by atoms with E-state index in [1.54, 1.807) is 0 Å². The molecule has 5 nitrogen and oxygen atoms in total. The van der Waals surface area contributed by atoms with E-state index in [-0.39, 0.29) is 5.54 Å². The molecular weight excluding hydrogens is 318 g/mol. The maximum absolute atomic E-state index is 4.63. The van der Waals surface area contributed by atoms with Crippen LogP contribution in [0, 0.1) is 0 Å². The van der Waals surface area contributed by atoms with Gasteiger partial charge in [0.2, 0.25) is 0 Å². The molecule has 20 heavy (non-hydrogen) atoms. The minimum absolute atomic E-state index is 0.236.